The monoisotopic (exact) mass is 326 g/mol. The van der Waals surface area contributed by atoms with Crippen LogP contribution in [0.15, 0.2) is 0 Å². The number of sulfone groups is 2. The van der Waals surface area contributed by atoms with E-state index in [4.69, 9.17) is 5.11 Å². The quantitative estimate of drug-likeness (QED) is 0.556. The summed E-state index contributed by atoms with van der Waals surface area (Å²) in [6.45, 7) is -0.587. The van der Waals surface area contributed by atoms with Crippen LogP contribution < -0.4 is 0 Å². The molecular weight excluding hydrogens is 308 g/mol. The van der Waals surface area contributed by atoms with Crippen molar-refractivity contribution >= 4 is 29.8 Å². The third kappa shape index (κ3) is 24.8. The van der Waals surface area contributed by atoms with E-state index in [-0.39, 0.29) is 24.7 Å². The Balaban J connectivity index is 0. The first-order chi connectivity index (χ1) is 7.77. The molecular formula is C7H18O8S3. The van der Waals surface area contributed by atoms with Crippen LogP contribution in [0.5, 0.6) is 0 Å². The SMILES string of the molecule is CS(=O)(=O)CCO.CS(=O)(=O)CCOS(C)(=O)=O. The summed E-state index contributed by atoms with van der Waals surface area (Å²) in [5.74, 6) is -0.410. The molecule has 1 N–H and O–H groups in total. The summed E-state index contributed by atoms with van der Waals surface area (Å²) in [6.07, 6.45) is 2.97. The molecule has 0 fully saturated rings. The lowest BCUT2D eigenvalue weighted by atomic mass is 10.9. The average Bonchev–Trinajstić information content (AvgIpc) is 1.96. The highest BCUT2D eigenvalue weighted by Crippen LogP contribution is 1.89. The Labute approximate surface area is 108 Å². The highest BCUT2D eigenvalue weighted by Gasteiger charge is 2.05. The van der Waals surface area contributed by atoms with Crippen LogP contribution in [0.4, 0.5) is 0 Å². The van der Waals surface area contributed by atoms with Gasteiger partial charge in [-0.2, -0.15) is 8.42 Å². The Morgan fingerprint density at radius 2 is 1.22 bits per heavy atom. The van der Waals surface area contributed by atoms with Crippen LogP contribution >= 0.6 is 0 Å². The predicted octanol–water partition coefficient (Wildman–Crippen LogP) is -1.97. The maximum atomic E-state index is 10.4. The summed E-state index contributed by atoms with van der Waals surface area (Å²) in [7, 11) is -9.57. The molecule has 0 aromatic heterocycles. The van der Waals surface area contributed by atoms with Crippen molar-refractivity contribution < 1.29 is 34.5 Å². The first-order valence-electron chi connectivity index (χ1n) is 4.57. The third-order valence-corrected chi connectivity index (χ3v) is 3.64. The van der Waals surface area contributed by atoms with Crippen molar-refractivity contribution in [2.24, 2.45) is 0 Å². The smallest absolute Gasteiger partial charge is 0.264 e. The highest BCUT2D eigenvalue weighted by atomic mass is 32.2. The number of hydrogen-bond acceptors (Lipinski definition) is 8. The molecule has 0 aliphatic heterocycles. The van der Waals surface area contributed by atoms with E-state index in [1.165, 1.54) is 0 Å². The summed E-state index contributed by atoms with van der Waals surface area (Å²) >= 11 is 0. The van der Waals surface area contributed by atoms with Gasteiger partial charge in [-0.1, -0.05) is 0 Å². The van der Waals surface area contributed by atoms with E-state index in [1.54, 1.807) is 0 Å². The Kier molecular flexibility index (Phi) is 8.98. The molecule has 112 valence electrons. The van der Waals surface area contributed by atoms with Crippen molar-refractivity contribution in [2.45, 2.75) is 0 Å². The van der Waals surface area contributed by atoms with Crippen molar-refractivity contribution in [2.75, 3.05) is 43.5 Å². The van der Waals surface area contributed by atoms with Crippen LogP contribution in [-0.2, 0) is 34.0 Å². The summed E-state index contributed by atoms with van der Waals surface area (Å²) in [5.41, 5.74) is 0. The maximum Gasteiger partial charge on any atom is 0.264 e. The summed E-state index contributed by atoms with van der Waals surface area (Å²) in [5, 5.41) is 8.02. The Morgan fingerprint density at radius 1 is 0.833 bits per heavy atom. The minimum Gasteiger partial charge on any atom is -0.395 e. The molecule has 0 amide bonds. The molecule has 0 saturated carbocycles. The Hall–Kier alpha value is -0.230. The molecule has 0 aliphatic carbocycles. The summed E-state index contributed by atoms with van der Waals surface area (Å²) < 4.78 is 65.8. The van der Waals surface area contributed by atoms with Crippen LogP contribution in [0.25, 0.3) is 0 Å². The molecule has 11 heteroatoms. The second-order valence-electron chi connectivity index (χ2n) is 3.51. The van der Waals surface area contributed by atoms with E-state index in [0.717, 1.165) is 18.8 Å². The highest BCUT2D eigenvalue weighted by molar-refractivity contribution is 7.91. The Morgan fingerprint density at radius 3 is 1.39 bits per heavy atom. The molecule has 0 saturated heterocycles. The molecule has 0 spiro atoms. The van der Waals surface area contributed by atoms with Crippen LogP contribution in [-0.4, -0.2) is 73.8 Å². The van der Waals surface area contributed by atoms with Gasteiger partial charge in [0, 0.05) is 12.5 Å². The van der Waals surface area contributed by atoms with Crippen LogP contribution in [0.1, 0.15) is 0 Å². The lowest BCUT2D eigenvalue weighted by molar-refractivity contribution is 0.320. The van der Waals surface area contributed by atoms with Crippen LogP contribution in [0, 0.1) is 0 Å². The first-order valence-corrected chi connectivity index (χ1v) is 10.5. The fourth-order valence-electron chi connectivity index (χ4n) is 0.503. The van der Waals surface area contributed by atoms with Gasteiger partial charge in [0.1, 0.15) is 19.7 Å². The first kappa shape index (κ1) is 20.1. The molecule has 0 aromatic rings. The lowest BCUT2D eigenvalue weighted by Gasteiger charge is -1.98. The second kappa shape index (κ2) is 8.04. The van der Waals surface area contributed by atoms with Gasteiger partial charge < -0.3 is 5.11 Å². The minimum atomic E-state index is -3.51. The van der Waals surface area contributed by atoms with Crippen molar-refractivity contribution in [1.82, 2.24) is 0 Å². The van der Waals surface area contributed by atoms with E-state index >= 15 is 0 Å². The zero-order chi connectivity index (χ0) is 15.0. The van der Waals surface area contributed by atoms with E-state index in [1.807, 2.05) is 0 Å². The topological polar surface area (TPSA) is 132 Å². The largest absolute Gasteiger partial charge is 0.395 e. The average molecular weight is 326 g/mol. The van der Waals surface area contributed by atoms with Crippen LogP contribution in [0.3, 0.4) is 0 Å². The van der Waals surface area contributed by atoms with Gasteiger partial charge in [0.2, 0.25) is 0 Å². The zero-order valence-electron chi connectivity index (χ0n) is 10.4. The standard InChI is InChI=1S/C4H10O5S2.C3H8O3S/c1-10(5,6)4-3-9-11(2,7)8;1-7(5,6)3-2-4/h3-4H2,1-2H3;4H,2-3H2,1H3. The number of aliphatic hydroxyl groups is 1. The molecule has 0 heterocycles. The van der Waals surface area contributed by atoms with Gasteiger partial charge in [-0.05, 0) is 0 Å². The second-order valence-corrected chi connectivity index (χ2v) is 9.67. The van der Waals surface area contributed by atoms with Crippen molar-refractivity contribution in [3.63, 3.8) is 0 Å². The normalized spacial score (nSPS) is 12.7. The lowest BCUT2D eigenvalue weighted by Crippen LogP contribution is -2.13. The van der Waals surface area contributed by atoms with Crippen molar-refractivity contribution in [1.29, 1.82) is 0 Å². The van der Waals surface area contributed by atoms with Gasteiger partial charge in [-0.15, -0.1) is 0 Å². The maximum absolute atomic E-state index is 10.4. The fraction of sp³-hybridized carbons (Fsp3) is 1.00. The third-order valence-electron chi connectivity index (χ3n) is 1.21. The molecule has 0 unspecified atom stereocenters. The van der Waals surface area contributed by atoms with Crippen molar-refractivity contribution in [3.05, 3.63) is 0 Å². The summed E-state index contributed by atoms with van der Waals surface area (Å²) in [4.78, 5) is 0. The van der Waals surface area contributed by atoms with Gasteiger partial charge in [0.25, 0.3) is 10.1 Å². The van der Waals surface area contributed by atoms with Gasteiger partial charge in [-0.25, -0.2) is 16.8 Å². The van der Waals surface area contributed by atoms with Gasteiger partial charge in [0.15, 0.2) is 0 Å². The van der Waals surface area contributed by atoms with Gasteiger partial charge in [0.05, 0.1) is 31.0 Å². The minimum absolute atomic E-state index is 0.132. The number of rotatable bonds is 6. The van der Waals surface area contributed by atoms with E-state index in [9.17, 15) is 25.3 Å². The molecule has 0 aliphatic rings. The predicted molar refractivity (Wildman–Crippen MR) is 67.3 cm³/mol. The molecule has 0 atom stereocenters. The molecule has 0 bridgehead atoms. The van der Waals surface area contributed by atoms with Crippen LogP contribution in [0.2, 0.25) is 0 Å². The van der Waals surface area contributed by atoms with E-state index < -0.39 is 29.8 Å². The Bertz CT molecular complexity index is 481. The molecule has 18 heavy (non-hydrogen) atoms. The molecule has 8 nitrogen and oxygen atoms in total. The number of aliphatic hydroxyl groups excluding tert-OH is 1. The van der Waals surface area contributed by atoms with Gasteiger partial charge in [-0.3, -0.25) is 4.18 Å². The zero-order valence-corrected chi connectivity index (χ0v) is 12.8. The molecule has 0 rings (SSSR count). The van der Waals surface area contributed by atoms with Crippen molar-refractivity contribution in [3.8, 4) is 0 Å². The number of hydrogen-bond donors (Lipinski definition) is 1. The summed E-state index contributed by atoms with van der Waals surface area (Å²) in [6, 6.07) is 0. The fourth-order valence-corrected chi connectivity index (χ4v) is 1.71. The van der Waals surface area contributed by atoms with E-state index in [2.05, 4.69) is 4.18 Å². The van der Waals surface area contributed by atoms with E-state index in [0.29, 0.717) is 0 Å². The van der Waals surface area contributed by atoms with Gasteiger partial charge >= 0.3 is 0 Å². The molecule has 0 aromatic carbocycles. The molecule has 0 radical (unpaired) electrons.